The maximum absolute atomic E-state index is 14.0. The second kappa shape index (κ2) is 14.5. The lowest BCUT2D eigenvalue weighted by Crippen LogP contribution is -2.59. The number of piperidine rings is 2. The molecule has 10 heteroatoms. The third kappa shape index (κ3) is 7.95. The van der Waals surface area contributed by atoms with Crippen LogP contribution in [0.4, 0.5) is 0 Å². The maximum atomic E-state index is 14.0. The lowest BCUT2D eigenvalue weighted by molar-refractivity contribution is -0.149. The standard InChI is InChI=1S/C35H51N5O5/c1-34(14-19-39(20-15-34)30(41)25-38(2)3)33(44)40-18-12-28-27(24-40)11-7-8-13-35(16-21-45-22-17-35)32(43)37-29(31(42)36-28)23-26-9-5-4-6-10-26/h4-10,27-29H,11-25H2,1-3H3,(H,36,42)(H,37,43)/b8-7+/t27-,28+,29-/m0/s1. The van der Waals surface area contributed by atoms with E-state index in [1.807, 2.05) is 66.1 Å². The smallest absolute Gasteiger partial charge is 0.243 e. The number of nitrogens with zero attached hydrogens (tertiary/aromatic N) is 3. The van der Waals surface area contributed by atoms with Crippen LogP contribution in [0, 0.1) is 16.7 Å². The Kier molecular flexibility index (Phi) is 10.6. The molecule has 0 unspecified atom stereocenters. The van der Waals surface area contributed by atoms with Gasteiger partial charge in [0.15, 0.2) is 0 Å². The highest BCUT2D eigenvalue weighted by Crippen LogP contribution is 2.37. The van der Waals surface area contributed by atoms with Crippen LogP contribution >= 0.6 is 0 Å². The van der Waals surface area contributed by atoms with Crippen molar-refractivity contribution in [3.63, 3.8) is 0 Å². The van der Waals surface area contributed by atoms with Crippen molar-refractivity contribution in [2.24, 2.45) is 16.7 Å². The third-order valence-corrected chi connectivity index (χ3v) is 10.5. The number of carbonyl (C=O) groups is 4. The lowest BCUT2D eigenvalue weighted by atomic mass is 9.75. The molecule has 1 aromatic rings. The van der Waals surface area contributed by atoms with Crippen molar-refractivity contribution in [2.75, 3.05) is 60.0 Å². The Hall–Kier alpha value is -3.24. The molecule has 0 bridgehead atoms. The summed E-state index contributed by atoms with van der Waals surface area (Å²) in [7, 11) is 3.78. The Morgan fingerprint density at radius 1 is 0.956 bits per heavy atom. The average molecular weight is 622 g/mol. The largest absolute Gasteiger partial charge is 0.381 e. The number of carbonyl (C=O) groups excluding carboxylic acids is 4. The maximum Gasteiger partial charge on any atom is 0.243 e. The minimum atomic E-state index is -0.692. The summed E-state index contributed by atoms with van der Waals surface area (Å²) in [6, 6.07) is 9.02. The highest BCUT2D eigenvalue weighted by Gasteiger charge is 2.44. The molecular formula is C35H51N5O5. The number of fused-ring (bicyclic) bond motifs is 1. The number of nitrogens with one attached hydrogen (secondary N) is 2. The number of rotatable bonds is 5. The first-order valence-corrected chi connectivity index (χ1v) is 16.7. The molecule has 246 valence electrons. The number of likely N-dealkylation sites (tertiary alicyclic amines) is 2. The fourth-order valence-corrected chi connectivity index (χ4v) is 7.38. The molecule has 4 amide bonds. The van der Waals surface area contributed by atoms with E-state index in [2.05, 4.69) is 22.8 Å². The highest BCUT2D eigenvalue weighted by molar-refractivity contribution is 5.91. The number of allylic oxidation sites excluding steroid dienone is 2. The second-order valence-corrected chi connectivity index (χ2v) is 14.1. The van der Waals surface area contributed by atoms with E-state index >= 15 is 0 Å². The Morgan fingerprint density at radius 3 is 2.36 bits per heavy atom. The fraction of sp³-hybridized carbons (Fsp3) is 0.657. The number of ether oxygens (including phenoxy) is 1. The number of benzene rings is 1. The molecule has 3 fully saturated rings. The lowest BCUT2D eigenvalue weighted by Gasteiger charge is -2.45. The summed E-state index contributed by atoms with van der Waals surface area (Å²) in [6.45, 7) is 5.80. The first kappa shape index (κ1) is 33.1. The van der Waals surface area contributed by atoms with Crippen LogP contribution in [-0.4, -0.2) is 110 Å². The van der Waals surface area contributed by atoms with Crippen LogP contribution in [-0.2, 0) is 30.3 Å². The summed E-state index contributed by atoms with van der Waals surface area (Å²) in [6.07, 6.45) is 9.20. The van der Waals surface area contributed by atoms with Gasteiger partial charge < -0.3 is 30.1 Å². The van der Waals surface area contributed by atoms with E-state index < -0.39 is 16.9 Å². The molecule has 45 heavy (non-hydrogen) atoms. The van der Waals surface area contributed by atoms with Crippen molar-refractivity contribution in [1.82, 2.24) is 25.3 Å². The predicted octanol–water partition coefficient (Wildman–Crippen LogP) is 2.38. The van der Waals surface area contributed by atoms with Gasteiger partial charge in [-0.1, -0.05) is 49.4 Å². The average Bonchev–Trinajstić information content (AvgIpc) is 3.03. The molecular weight excluding hydrogens is 570 g/mol. The van der Waals surface area contributed by atoms with Gasteiger partial charge in [0.25, 0.3) is 0 Å². The van der Waals surface area contributed by atoms with E-state index in [0.717, 1.165) is 12.0 Å². The van der Waals surface area contributed by atoms with Gasteiger partial charge in [-0.2, -0.15) is 0 Å². The van der Waals surface area contributed by atoms with E-state index in [1.165, 1.54) is 0 Å². The molecule has 5 rings (SSSR count). The van der Waals surface area contributed by atoms with Gasteiger partial charge in [0.05, 0.1) is 12.0 Å². The molecule has 0 saturated carbocycles. The summed E-state index contributed by atoms with van der Waals surface area (Å²) in [5.74, 6) is 0.0708. The predicted molar refractivity (Wildman–Crippen MR) is 172 cm³/mol. The van der Waals surface area contributed by atoms with Crippen LogP contribution in [0.15, 0.2) is 42.5 Å². The van der Waals surface area contributed by atoms with Gasteiger partial charge in [-0.15, -0.1) is 0 Å². The van der Waals surface area contributed by atoms with Gasteiger partial charge in [0.2, 0.25) is 23.6 Å². The first-order chi connectivity index (χ1) is 21.6. The minimum absolute atomic E-state index is 0.0615. The third-order valence-electron chi connectivity index (χ3n) is 10.5. The Morgan fingerprint density at radius 2 is 1.67 bits per heavy atom. The Bertz CT molecular complexity index is 1240. The molecule has 4 heterocycles. The fourth-order valence-electron chi connectivity index (χ4n) is 7.38. The highest BCUT2D eigenvalue weighted by atomic mass is 16.5. The van der Waals surface area contributed by atoms with Crippen LogP contribution in [0.3, 0.4) is 0 Å². The number of hydrogen-bond acceptors (Lipinski definition) is 6. The van der Waals surface area contributed by atoms with Gasteiger partial charge >= 0.3 is 0 Å². The number of amides is 4. The van der Waals surface area contributed by atoms with Crippen molar-refractivity contribution in [2.45, 2.75) is 70.4 Å². The van der Waals surface area contributed by atoms with Crippen molar-refractivity contribution < 1.29 is 23.9 Å². The van der Waals surface area contributed by atoms with Gasteiger partial charge in [0.1, 0.15) is 6.04 Å². The molecule has 0 aromatic heterocycles. The van der Waals surface area contributed by atoms with E-state index in [4.69, 9.17) is 4.74 Å². The van der Waals surface area contributed by atoms with E-state index in [-0.39, 0.29) is 35.6 Å². The normalized spacial score (nSPS) is 27.9. The first-order valence-electron chi connectivity index (χ1n) is 16.7. The second-order valence-electron chi connectivity index (χ2n) is 14.1. The van der Waals surface area contributed by atoms with Crippen molar-refractivity contribution in [1.29, 1.82) is 0 Å². The zero-order chi connectivity index (χ0) is 32.0. The Labute approximate surface area is 267 Å². The van der Waals surface area contributed by atoms with E-state index in [0.29, 0.717) is 90.9 Å². The molecule has 4 aliphatic heterocycles. The number of hydrogen-bond donors (Lipinski definition) is 2. The summed E-state index contributed by atoms with van der Waals surface area (Å²) in [5, 5.41) is 6.45. The molecule has 4 aliphatic rings. The van der Waals surface area contributed by atoms with Crippen molar-refractivity contribution in [3.8, 4) is 0 Å². The summed E-state index contributed by atoms with van der Waals surface area (Å²) in [5.41, 5.74) is -0.119. The van der Waals surface area contributed by atoms with Gasteiger partial charge in [-0.05, 0) is 64.6 Å². The monoisotopic (exact) mass is 621 g/mol. The quantitative estimate of drug-likeness (QED) is 0.489. The number of likely N-dealkylation sites (N-methyl/N-ethyl adjacent to an activating group) is 1. The molecule has 1 aromatic carbocycles. The van der Waals surface area contributed by atoms with Crippen molar-refractivity contribution in [3.05, 3.63) is 48.0 Å². The summed E-state index contributed by atoms with van der Waals surface area (Å²) < 4.78 is 5.62. The molecule has 0 aliphatic carbocycles. The van der Waals surface area contributed by atoms with Crippen LogP contribution in [0.2, 0.25) is 0 Å². The zero-order valence-electron chi connectivity index (χ0n) is 27.3. The zero-order valence-corrected chi connectivity index (χ0v) is 27.3. The minimum Gasteiger partial charge on any atom is -0.381 e. The topological polar surface area (TPSA) is 111 Å². The molecule has 10 nitrogen and oxygen atoms in total. The Balaban J connectivity index is 1.31. The molecule has 3 atom stereocenters. The van der Waals surface area contributed by atoms with Crippen LogP contribution in [0.1, 0.15) is 57.4 Å². The van der Waals surface area contributed by atoms with Gasteiger partial charge in [0, 0.05) is 63.2 Å². The molecule has 3 saturated heterocycles. The van der Waals surface area contributed by atoms with Gasteiger partial charge in [-0.3, -0.25) is 19.2 Å². The van der Waals surface area contributed by atoms with E-state index in [9.17, 15) is 19.2 Å². The van der Waals surface area contributed by atoms with Crippen LogP contribution in [0.25, 0.3) is 0 Å². The summed E-state index contributed by atoms with van der Waals surface area (Å²) in [4.78, 5) is 60.0. The molecule has 0 radical (unpaired) electrons. The van der Waals surface area contributed by atoms with Gasteiger partial charge in [-0.25, -0.2) is 0 Å². The summed E-state index contributed by atoms with van der Waals surface area (Å²) >= 11 is 0. The van der Waals surface area contributed by atoms with Crippen molar-refractivity contribution >= 4 is 23.6 Å². The molecule has 1 spiro atoms. The molecule has 2 N–H and O–H groups in total. The van der Waals surface area contributed by atoms with Crippen LogP contribution < -0.4 is 10.6 Å². The van der Waals surface area contributed by atoms with Crippen LogP contribution in [0.5, 0.6) is 0 Å². The SMILES string of the molecule is CN(C)CC(=O)N1CCC(C)(C(=O)N2CC[C@H]3NC(=O)[C@H](Cc4ccccc4)NC(=O)C4(C/C=C/C[C@H]3C2)CCOCC4)CC1. The van der Waals surface area contributed by atoms with E-state index in [1.54, 1.807) is 0 Å².